The van der Waals surface area contributed by atoms with Gasteiger partial charge < -0.3 is 0 Å². The molecule has 0 aromatic heterocycles. The summed E-state index contributed by atoms with van der Waals surface area (Å²) < 4.78 is 0. The minimum Gasteiger partial charge on any atom is -0.0622 e. The molecule has 0 bridgehead atoms. The third-order valence-electron chi connectivity index (χ3n) is 13.9. The second kappa shape index (κ2) is 12.7. The molecule has 0 atom stereocenters. The largest absolute Gasteiger partial charge is 0.0622 e. The average Bonchev–Trinajstić information content (AvgIpc) is 3.84. The maximum absolute atomic E-state index is 2.54. The van der Waals surface area contributed by atoms with Crippen LogP contribution in [0.1, 0.15) is 0 Å². The summed E-state index contributed by atoms with van der Waals surface area (Å²) in [5.74, 6) is 0. The topological polar surface area (TPSA) is 0 Å². The van der Waals surface area contributed by atoms with Crippen molar-refractivity contribution in [3.63, 3.8) is 0 Å². The predicted molar refractivity (Wildman–Crippen MR) is 268 cm³/mol. The van der Waals surface area contributed by atoms with Crippen LogP contribution in [0, 0.1) is 0 Å². The lowest BCUT2D eigenvalue weighted by molar-refractivity contribution is 1.64. The normalized spacial score (nSPS) is 12.2. The summed E-state index contributed by atoms with van der Waals surface area (Å²) in [6.07, 6.45) is 0. The maximum Gasteiger partial charge on any atom is -0.000697 e. The smallest absolute Gasteiger partial charge is 0.000697 e. The lowest BCUT2D eigenvalue weighted by Crippen LogP contribution is -1.91. The maximum atomic E-state index is 2.54. The molecule has 14 aromatic rings. The van der Waals surface area contributed by atoms with E-state index in [-0.39, 0.29) is 0 Å². The van der Waals surface area contributed by atoms with Gasteiger partial charge >= 0.3 is 0 Å². The van der Waals surface area contributed by atoms with Crippen molar-refractivity contribution in [3.8, 4) is 44.5 Å². The molecule has 0 fully saturated rings. The van der Waals surface area contributed by atoms with E-state index in [0.717, 1.165) is 0 Å². The molecule has 0 aliphatic heterocycles. The van der Waals surface area contributed by atoms with Gasteiger partial charge in [-0.3, -0.25) is 0 Å². The molecule has 0 saturated carbocycles. The Morgan fingerprint density at radius 3 is 1.42 bits per heavy atom. The van der Waals surface area contributed by atoms with Gasteiger partial charge in [0.2, 0.25) is 0 Å². The summed E-state index contributed by atoms with van der Waals surface area (Å²) in [7, 11) is 0. The van der Waals surface area contributed by atoms with Crippen LogP contribution >= 0.6 is 0 Å². The van der Waals surface area contributed by atoms with Gasteiger partial charge in [0, 0.05) is 0 Å². The van der Waals surface area contributed by atoms with Gasteiger partial charge in [-0.05, 0) is 154 Å². The van der Waals surface area contributed by atoms with Gasteiger partial charge in [0.05, 0.1) is 0 Å². The fourth-order valence-corrected chi connectivity index (χ4v) is 11.5. The van der Waals surface area contributed by atoms with Crippen LogP contribution in [0.25, 0.3) is 141 Å². The molecule has 0 nitrogen and oxygen atoms in total. The monoisotopic (exact) mass is 780 g/mol. The van der Waals surface area contributed by atoms with E-state index >= 15 is 0 Å². The Bertz CT molecular complexity index is 4110. The van der Waals surface area contributed by atoms with Crippen LogP contribution in [0.5, 0.6) is 0 Å². The minimum atomic E-state index is 1.23. The highest BCUT2D eigenvalue weighted by Crippen LogP contribution is 2.56. The summed E-state index contributed by atoms with van der Waals surface area (Å²) in [4.78, 5) is 0. The van der Waals surface area contributed by atoms with Gasteiger partial charge in [-0.2, -0.15) is 0 Å². The van der Waals surface area contributed by atoms with Crippen molar-refractivity contribution in [1.29, 1.82) is 0 Å². The summed E-state index contributed by atoms with van der Waals surface area (Å²) in [5.41, 5.74) is 10.1. The molecule has 0 amide bonds. The van der Waals surface area contributed by atoms with Crippen LogP contribution in [-0.4, -0.2) is 0 Å². The molecule has 0 heterocycles. The fourth-order valence-electron chi connectivity index (χ4n) is 11.5. The number of rotatable bonds is 4. The second-order valence-electron chi connectivity index (χ2n) is 17.0. The van der Waals surface area contributed by atoms with E-state index in [1.807, 2.05) is 0 Å². The first-order valence-corrected chi connectivity index (χ1v) is 21.7. The van der Waals surface area contributed by atoms with Crippen molar-refractivity contribution in [1.82, 2.24) is 0 Å². The van der Waals surface area contributed by atoms with Gasteiger partial charge in [-0.1, -0.05) is 206 Å². The van der Waals surface area contributed by atoms with Crippen molar-refractivity contribution >= 4 is 97.0 Å². The van der Waals surface area contributed by atoms with E-state index in [9.17, 15) is 0 Å². The Hall–Kier alpha value is -8.06. The molecule has 0 aliphatic carbocycles. The molecule has 14 rings (SSSR count). The third kappa shape index (κ3) is 4.51. The molecule has 0 radical (unpaired) electrons. The lowest BCUT2D eigenvalue weighted by atomic mass is 9.84. The highest BCUT2D eigenvalue weighted by Gasteiger charge is 2.28. The van der Waals surface area contributed by atoms with Gasteiger partial charge in [0.1, 0.15) is 0 Å². The average molecular weight is 781 g/mol. The van der Waals surface area contributed by atoms with E-state index in [1.54, 1.807) is 0 Å². The SMILES string of the molecule is c1ccc(-c2c(-c3ccc4c5c(-c6ccccc6)c6cc7c8ccccc8c8cccc(c6c(-c6ccccc6)c5c5cc6ccccc6c3c45)c87)ccc3ccccc23)cc1. The minimum absolute atomic E-state index is 1.23. The van der Waals surface area contributed by atoms with Crippen LogP contribution in [0.15, 0.2) is 218 Å². The van der Waals surface area contributed by atoms with E-state index in [0.29, 0.717) is 0 Å². The van der Waals surface area contributed by atoms with E-state index < -0.39 is 0 Å². The fraction of sp³-hybridized carbons (Fsp3) is 0. The number of benzene rings is 12. The van der Waals surface area contributed by atoms with Crippen LogP contribution in [0.3, 0.4) is 0 Å². The first kappa shape index (κ1) is 33.7. The Morgan fingerprint density at radius 2 is 0.694 bits per heavy atom. The first-order valence-electron chi connectivity index (χ1n) is 21.7. The molecule has 0 unspecified atom stereocenters. The van der Waals surface area contributed by atoms with E-state index in [4.69, 9.17) is 0 Å². The quantitative estimate of drug-likeness (QED) is 0.156. The summed E-state index contributed by atoms with van der Waals surface area (Å²) in [6, 6.07) is 81.8. The molecule has 0 N–H and O–H groups in total. The zero-order chi connectivity index (χ0) is 40.5. The van der Waals surface area contributed by atoms with Crippen LogP contribution < -0.4 is 0 Å². The van der Waals surface area contributed by atoms with Crippen LogP contribution in [0.2, 0.25) is 0 Å². The highest BCUT2D eigenvalue weighted by atomic mass is 14.3. The summed E-state index contributed by atoms with van der Waals surface area (Å²) in [5, 5.41) is 23.5. The van der Waals surface area contributed by atoms with E-state index in [2.05, 4.69) is 218 Å². The van der Waals surface area contributed by atoms with Crippen molar-refractivity contribution < 1.29 is 0 Å². The van der Waals surface area contributed by atoms with Crippen molar-refractivity contribution in [2.24, 2.45) is 0 Å². The molecule has 0 spiro atoms. The zero-order valence-corrected chi connectivity index (χ0v) is 33.8. The molecule has 62 heavy (non-hydrogen) atoms. The first-order chi connectivity index (χ1) is 30.8. The Kier molecular flexibility index (Phi) is 6.92. The molecule has 0 aliphatic rings. The number of hydrogen-bond donors (Lipinski definition) is 0. The second-order valence-corrected chi connectivity index (χ2v) is 17.0. The van der Waals surface area contributed by atoms with Crippen molar-refractivity contribution in [2.75, 3.05) is 0 Å². The third-order valence-corrected chi connectivity index (χ3v) is 13.9. The molecule has 284 valence electrons. The predicted octanol–water partition coefficient (Wildman–Crippen LogP) is 17.6. The summed E-state index contributed by atoms with van der Waals surface area (Å²) >= 11 is 0. The van der Waals surface area contributed by atoms with Crippen molar-refractivity contribution in [3.05, 3.63) is 218 Å². The highest BCUT2D eigenvalue weighted by molar-refractivity contribution is 6.47. The van der Waals surface area contributed by atoms with Crippen LogP contribution in [-0.2, 0) is 0 Å². The zero-order valence-electron chi connectivity index (χ0n) is 33.8. The van der Waals surface area contributed by atoms with Crippen molar-refractivity contribution in [2.45, 2.75) is 0 Å². The Labute approximate surface area is 358 Å². The van der Waals surface area contributed by atoms with Gasteiger partial charge in [-0.15, -0.1) is 0 Å². The molecule has 0 saturated heterocycles. The molecule has 0 heteroatoms. The van der Waals surface area contributed by atoms with Gasteiger partial charge in [0.15, 0.2) is 0 Å². The number of fused-ring (bicyclic) bond motifs is 11. The standard InChI is InChI=1S/C62H36/c1-4-18-38(19-5-1)54-42-25-12-10-17-37(42)31-32-47(54)48-33-34-50-60-52(35-41-24-11-13-26-43(41)58(48)60)62-56(40-22-8-3-9-23-40)59-49-30-16-29-46-44-27-14-15-28-45(44)51(57(46)49)36-53(59)55(61(50)62)39-20-6-2-7-21-39/h1-36H. The number of hydrogen-bond acceptors (Lipinski definition) is 0. The molecular weight excluding hydrogens is 745 g/mol. The Balaban J connectivity index is 1.27. The Morgan fingerprint density at radius 1 is 0.177 bits per heavy atom. The molecule has 14 aromatic carbocycles. The lowest BCUT2D eigenvalue weighted by Gasteiger charge is -2.19. The van der Waals surface area contributed by atoms with Crippen LogP contribution in [0.4, 0.5) is 0 Å². The van der Waals surface area contributed by atoms with E-state index in [1.165, 1.54) is 141 Å². The van der Waals surface area contributed by atoms with Gasteiger partial charge in [-0.25, -0.2) is 0 Å². The molecular formula is C62H36. The summed E-state index contributed by atoms with van der Waals surface area (Å²) in [6.45, 7) is 0. The van der Waals surface area contributed by atoms with Gasteiger partial charge in [0.25, 0.3) is 0 Å².